The number of alkyl halides is 3. The zero-order valence-electron chi connectivity index (χ0n) is 20.0. The molecule has 0 radical (unpaired) electrons. The summed E-state index contributed by atoms with van der Waals surface area (Å²) in [6, 6.07) is 19.1. The van der Waals surface area contributed by atoms with Gasteiger partial charge in [-0.15, -0.1) is 5.10 Å². The molecule has 1 N–H and O–H groups in total. The molecule has 0 bridgehead atoms. The molecule has 9 heteroatoms. The highest BCUT2D eigenvalue weighted by Crippen LogP contribution is 2.33. The quantitative estimate of drug-likeness (QED) is 0.316. The average molecular weight is 495 g/mol. The number of anilines is 1. The van der Waals surface area contributed by atoms with Crippen molar-refractivity contribution in [1.29, 1.82) is 0 Å². The molecule has 0 saturated heterocycles. The molecule has 0 aliphatic rings. The first-order chi connectivity index (χ1) is 17.1. The van der Waals surface area contributed by atoms with E-state index < -0.39 is 11.7 Å². The van der Waals surface area contributed by atoms with Crippen LogP contribution in [0.5, 0.6) is 6.01 Å². The van der Waals surface area contributed by atoms with E-state index in [0.717, 1.165) is 24.1 Å². The van der Waals surface area contributed by atoms with Gasteiger partial charge in [0.25, 0.3) is 5.91 Å². The molecular weight excluding hydrogens is 469 g/mol. The summed E-state index contributed by atoms with van der Waals surface area (Å²) in [5, 5.41) is 7.20. The Balaban J connectivity index is 1.63. The van der Waals surface area contributed by atoms with Crippen molar-refractivity contribution < 1.29 is 22.7 Å². The monoisotopic (exact) mass is 494 g/mol. The summed E-state index contributed by atoms with van der Waals surface area (Å²) in [4.78, 5) is 16.9. The van der Waals surface area contributed by atoms with Crippen molar-refractivity contribution in [3.63, 3.8) is 0 Å². The first-order valence-electron chi connectivity index (χ1n) is 11.5. The molecule has 4 rings (SSSR count). The number of hydrogen-bond donors (Lipinski definition) is 1. The maximum Gasteiger partial charge on any atom is 0.416 e. The maximum atomic E-state index is 13.3. The molecule has 1 aromatic heterocycles. The zero-order valence-corrected chi connectivity index (χ0v) is 20.0. The van der Waals surface area contributed by atoms with Gasteiger partial charge in [0.15, 0.2) is 5.82 Å². The van der Waals surface area contributed by atoms with E-state index in [1.165, 1.54) is 16.8 Å². The van der Waals surface area contributed by atoms with Crippen LogP contribution in [-0.4, -0.2) is 26.8 Å². The van der Waals surface area contributed by atoms with Crippen LogP contribution in [0.15, 0.2) is 72.8 Å². The van der Waals surface area contributed by atoms with Crippen molar-refractivity contribution in [1.82, 2.24) is 14.8 Å². The average Bonchev–Trinajstić information content (AvgIpc) is 3.27. The second-order valence-electron chi connectivity index (χ2n) is 8.43. The van der Waals surface area contributed by atoms with Gasteiger partial charge in [-0.2, -0.15) is 18.2 Å². The number of aryl methyl sites for hydroxylation is 1. The van der Waals surface area contributed by atoms with E-state index in [4.69, 9.17) is 4.74 Å². The molecule has 4 aromatic rings. The summed E-state index contributed by atoms with van der Waals surface area (Å²) in [5.41, 5.74) is 2.23. The van der Waals surface area contributed by atoms with Gasteiger partial charge in [-0.3, -0.25) is 4.79 Å². The van der Waals surface area contributed by atoms with Crippen LogP contribution in [0, 0.1) is 0 Å². The van der Waals surface area contributed by atoms with Crippen LogP contribution in [0.4, 0.5) is 18.9 Å². The molecule has 0 atom stereocenters. The first-order valence-corrected chi connectivity index (χ1v) is 11.5. The molecule has 0 saturated carbocycles. The lowest BCUT2D eigenvalue weighted by Crippen LogP contribution is -2.12. The molecule has 36 heavy (non-hydrogen) atoms. The van der Waals surface area contributed by atoms with Gasteiger partial charge in [0.1, 0.15) is 0 Å². The molecule has 3 aromatic carbocycles. The minimum absolute atomic E-state index is 0.0466. The Morgan fingerprint density at radius 2 is 1.72 bits per heavy atom. The molecule has 0 aliphatic heterocycles. The van der Waals surface area contributed by atoms with E-state index in [2.05, 4.69) is 15.4 Å². The van der Waals surface area contributed by atoms with Crippen LogP contribution < -0.4 is 10.1 Å². The zero-order chi connectivity index (χ0) is 25.9. The van der Waals surface area contributed by atoms with E-state index in [9.17, 15) is 18.0 Å². The lowest BCUT2D eigenvalue weighted by Gasteiger charge is -2.10. The lowest BCUT2D eigenvalue weighted by molar-refractivity contribution is -0.137. The van der Waals surface area contributed by atoms with Crippen LogP contribution in [0.2, 0.25) is 0 Å². The van der Waals surface area contributed by atoms with Crippen LogP contribution in [0.25, 0.3) is 17.1 Å². The van der Waals surface area contributed by atoms with Crippen LogP contribution in [0.1, 0.15) is 42.3 Å². The smallest absolute Gasteiger partial charge is 0.416 e. The van der Waals surface area contributed by atoms with Crippen molar-refractivity contribution in [2.24, 2.45) is 0 Å². The number of aromatic nitrogens is 3. The molecule has 186 valence electrons. The Kier molecular flexibility index (Phi) is 7.10. The van der Waals surface area contributed by atoms with Crippen molar-refractivity contribution in [2.75, 3.05) is 5.32 Å². The van der Waals surface area contributed by atoms with E-state index >= 15 is 0 Å². The summed E-state index contributed by atoms with van der Waals surface area (Å²) in [6.07, 6.45) is -3.83. The Morgan fingerprint density at radius 3 is 2.33 bits per heavy atom. The molecule has 0 aliphatic carbocycles. The molecule has 1 heterocycles. The fraction of sp³-hybridized carbons (Fsp3) is 0.222. The first kappa shape index (κ1) is 25.0. The van der Waals surface area contributed by atoms with Gasteiger partial charge in [-0.1, -0.05) is 31.2 Å². The minimum atomic E-state index is -4.49. The predicted octanol–water partition coefficient (Wildman–Crippen LogP) is 6.56. The number of amides is 1. The third-order valence-corrected chi connectivity index (χ3v) is 5.37. The second-order valence-corrected chi connectivity index (χ2v) is 8.43. The number of carbonyl (C=O) groups excluding carboxylic acids is 1. The van der Waals surface area contributed by atoms with Crippen LogP contribution >= 0.6 is 0 Å². The topological polar surface area (TPSA) is 69.0 Å². The van der Waals surface area contributed by atoms with E-state index in [1.807, 2.05) is 19.1 Å². The van der Waals surface area contributed by atoms with Gasteiger partial charge in [-0.05, 0) is 74.4 Å². The minimum Gasteiger partial charge on any atom is -0.460 e. The van der Waals surface area contributed by atoms with Crippen molar-refractivity contribution in [2.45, 2.75) is 39.5 Å². The lowest BCUT2D eigenvalue weighted by atomic mass is 10.1. The number of carbonyl (C=O) groups is 1. The number of rotatable bonds is 7. The van der Waals surface area contributed by atoms with Gasteiger partial charge in [0.05, 0.1) is 17.4 Å². The number of nitrogens with zero attached hydrogens (tertiary/aromatic N) is 3. The highest BCUT2D eigenvalue weighted by Gasteiger charge is 2.31. The van der Waals surface area contributed by atoms with E-state index in [0.29, 0.717) is 16.9 Å². The number of halogens is 3. The third kappa shape index (κ3) is 5.73. The third-order valence-electron chi connectivity index (χ3n) is 5.37. The molecule has 1 amide bonds. The highest BCUT2D eigenvalue weighted by atomic mass is 19.4. The fourth-order valence-electron chi connectivity index (χ4n) is 3.54. The summed E-state index contributed by atoms with van der Waals surface area (Å²) < 4.78 is 46.9. The predicted molar refractivity (Wildman–Crippen MR) is 131 cm³/mol. The van der Waals surface area contributed by atoms with Gasteiger partial charge in [0, 0.05) is 16.8 Å². The SMILES string of the molecule is CCc1ccc(C(=O)Nc2ccc(-n3nc(OC(C)C)nc3-c3cccc(C(F)(F)F)c3)cc2)cc1. The summed E-state index contributed by atoms with van der Waals surface area (Å²) in [7, 11) is 0. The van der Waals surface area contributed by atoms with Gasteiger partial charge in [-0.25, -0.2) is 4.68 Å². The maximum absolute atomic E-state index is 13.3. The molecule has 0 unspecified atom stereocenters. The van der Waals surface area contributed by atoms with Crippen molar-refractivity contribution in [3.8, 4) is 23.1 Å². The number of ether oxygens (including phenoxy) is 1. The van der Waals surface area contributed by atoms with Gasteiger partial charge >= 0.3 is 12.2 Å². The molecule has 0 fully saturated rings. The van der Waals surface area contributed by atoms with Gasteiger partial charge < -0.3 is 10.1 Å². The standard InChI is InChI=1S/C27H25F3N4O2/c1-4-18-8-10-19(11-9-18)25(35)31-22-12-14-23(15-13-22)34-24(32-26(33-34)36-17(2)3)20-6-5-7-21(16-20)27(28,29)30/h5-17H,4H2,1-3H3,(H,31,35). The Bertz CT molecular complexity index is 1340. The normalized spacial score (nSPS) is 11.5. The second kappa shape index (κ2) is 10.2. The largest absolute Gasteiger partial charge is 0.460 e. The van der Waals surface area contributed by atoms with Crippen molar-refractivity contribution >= 4 is 11.6 Å². The molecular formula is C27H25F3N4O2. The number of benzene rings is 3. The summed E-state index contributed by atoms with van der Waals surface area (Å²) >= 11 is 0. The summed E-state index contributed by atoms with van der Waals surface area (Å²) in [5.74, 6) is -0.0482. The van der Waals surface area contributed by atoms with Crippen molar-refractivity contribution in [3.05, 3.63) is 89.5 Å². The van der Waals surface area contributed by atoms with E-state index in [-0.39, 0.29) is 29.4 Å². The number of nitrogens with one attached hydrogen (secondary N) is 1. The Labute approximate surface area is 206 Å². The van der Waals surface area contributed by atoms with E-state index in [1.54, 1.807) is 50.2 Å². The number of hydrogen-bond acceptors (Lipinski definition) is 4. The Morgan fingerprint density at radius 1 is 1.03 bits per heavy atom. The van der Waals surface area contributed by atoms with Crippen LogP contribution in [-0.2, 0) is 12.6 Å². The fourth-order valence-corrected chi connectivity index (χ4v) is 3.54. The summed E-state index contributed by atoms with van der Waals surface area (Å²) in [6.45, 7) is 5.65. The van der Waals surface area contributed by atoms with Gasteiger partial charge in [0.2, 0.25) is 0 Å². The van der Waals surface area contributed by atoms with Crippen LogP contribution in [0.3, 0.4) is 0 Å². The highest BCUT2D eigenvalue weighted by molar-refractivity contribution is 6.04. The Hall–Kier alpha value is -4.14. The molecule has 6 nitrogen and oxygen atoms in total. The molecule has 0 spiro atoms.